The lowest BCUT2D eigenvalue weighted by Gasteiger charge is -2.09. The molecule has 1 aromatic carbocycles. The molecule has 0 aliphatic rings. The van der Waals surface area contributed by atoms with Crippen LogP contribution in [0.1, 0.15) is 22.5 Å². The fraction of sp³-hybridized carbons (Fsp3) is 0.214. The molecule has 2 aromatic rings. The van der Waals surface area contributed by atoms with Crippen molar-refractivity contribution < 1.29 is 36.3 Å². The summed E-state index contributed by atoms with van der Waals surface area (Å²) in [6.07, 6.45) is 0.975. The summed E-state index contributed by atoms with van der Waals surface area (Å²) in [5.74, 6) is -1.74. The van der Waals surface area contributed by atoms with Crippen LogP contribution in [0.4, 0.5) is 18.9 Å². The molecule has 0 bridgehead atoms. The van der Waals surface area contributed by atoms with Crippen LogP contribution >= 0.6 is 0 Å². The first-order valence-corrected chi connectivity index (χ1v) is 8.47. The molecule has 0 atom stereocenters. The average Bonchev–Trinajstić information content (AvgIpc) is 3.01. The molecule has 0 unspecified atom stereocenters. The van der Waals surface area contributed by atoms with E-state index in [1.807, 2.05) is 0 Å². The molecular weight excluding hydrogens is 379 g/mol. The predicted molar refractivity (Wildman–Crippen MR) is 82.2 cm³/mol. The van der Waals surface area contributed by atoms with Crippen LogP contribution in [-0.4, -0.2) is 41.1 Å². The fourth-order valence-corrected chi connectivity index (χ4v) is 2.74. The predicted octanol–water partition coefficient (Wildman–Crippen LogP) is 1.97. The molecule has 140 valence electrons. The Morgan fingerprint density at radius 3 is 2.35 bits per heavy atom. The van der Waals surface area contributed by atoms with E-state index >= 15 is 0 Å². The number of H-pyrrole nitrogens is 1. The van der Waals surface area contributed by atoms with Crippen molar-refractivity contribution in [3.63, 3.8) is 0 Å². The van der Waals surface area contributed by atoms with E-state index in [-0.39, 0.29) is 29.8 Å². The molecule has 0 aliphatic carbocycles. The summed E-state index contributed by atoms with van der Waals surface area (Å²) >= 11 is 0. The Morgan fingerprint density at radius 1 is 1.19 bits per heavy atom. The molecular formula is C14H12F3N3O5S. The van der Waals surface area contributed by atoms with E-state index in [0.29, 0.717) is 0 Å². The maximum Gasteiger partial charge on any atom is 0.501 e. The Balaban J connectivity index is 2.14. The standard InChI is InChI=1S/C14H12F3N3O5S/c15-14(16,17)26(24,25)9-3-1-8(2-4-9)19-13(23)10-7-18-20-11(10)5-6-12(21)22/h1-4,7H,5-6H2,(H,18,20)(H,19,23)(H,21,22). The van der Waals surface area contributed by atoms with Gasteiger partial charge in [-0.2, -0.15) is 18.3 Å². The molecule has 0 saturated heterocycles. The van der Waals surface area contributed by atoms with Crippen LogP contribution in [0.15, 0.2) is 35.4 Å². The van der Waals surface area contributed by atoms with Gasteiger partial charge in [-0.1, -0.05) is 0 Å². The molecule has 0 aliphatic heterocycles. The van der Waals surface area contributed by atoms with Crippen LogP contribution in [0, 0.1) is 0 Å². The minimum absolute atomic E-state index is 0.0286. The molecule has 0 spiro atoms. The van der Waals surface area contributed by atoms with Gasteiger partial charge in [0.2, 0.25) is 0 Å². The van der Waals surface area contributed by atoms with E-state index in [1.165, 1.54) is 6.20 Å². The van der Waals surface area contributed by atoms with Crippen molar-refractivity contribution in [1.29, 1.82) is 0 Å². The van der Waals surface area contributed by atoms with Crippen LogP contribution < -0.4 is 5.32 Å². The summed E-state index contributed by atoms with van der Waals surface area (Å²) in [7, 11) is -5.47. The van der Waals surface area contributed by atoms with Crippen LogP contribution in [0.25, 0.3) is 0 Å². The zero-order valence-electron chi connectivity index (χ0n) is 12.9. The lowest BCUT2D eigenvalue weighted by Crippen LogP contribution is -2.23. The maximum absolute atomic E-state index is 12.5. The quantitative estimate of drug-likeness (QED) is 0.690. The topological polar surface area (TPSA) is 129 Å². The van der Waals surface area contributed by atoms with Crippen molar-refractivity contribution in [3.05, 3.63) is 41.7 Å². The summed E-state index contributed by atoms with van der Waals surface area (Å²) in [6, 6.07) is 3.46. The SMILES string of the molecule is O=C(O)CCc1[nH]ncc1C(=O)Nc1ccc(S(=O)(=O)C(F)(F)F)cc1. The van der Waals surface area contributed by atoms with E-state index in [9.17, 15) is 31.2 Å². The second-order valence-corrected chi connectivity index (χ2v) is 7.02. The largest absolute Gasteiger partial charge is 0.501 e. The first kappa shape index (κ1) is 19.4. The average molecular weight is 391 g/mol. The van der Waals surface area contributed by atoms with Crippen molar-refractivity contribution in [1.82, 2.24) is 10.2 Å². The van der Waals surface area contributed by atoms with E-state index < -0.39 is 32.1 Å². The van der Waals surface area contributed by atoms with Gasteiger partial charge in [-0.15, -0.1) is 0 Å². The van der Waals surface area contributed by atoms with E-state index in [1.54, 1.807) is 0 Å². The smallest absolute Gasteiger partial charge is 0.481 e. The Kier molecular flexibility index (Phi) is 5.35. The highest BCUT2D eigenvalue weighted by atomic mass is 32.2. The van der Waals surface area contributed by atoms with Gasteiger partial charge in [0.05, 0.1) is 23.1 Å². The Labute approximate surface area is 144 Å². The molecule has 0 fully saturated rings. The molecule has 1 amide bonds. The molecule has 0 radical (unpaired) electrons. The van der Waals surface area contributed by atoms with Gasteiger partial charge in [0.25, 0.3) is 15.7 Å². The highest BCUT2D eigenvalue weighted by Gasteiger charge is 2.46. The van der Waals surface area contributed by atoms with Gasteiger partial charge in [-0.3, -0.25) is 14.7 Å². The number of carbonyl (C=O) groups is 2. The van der Waals surface area contributed by atoms with Gasteiger partial charge in [-0.05, 0) is 24.3 Å². The third-order valence-electron chi connectivity index (χ3n) is 3.28. The van der Waals surface area contributed by atoms with Gasteiger partial charge in [0.1, 0.15) is 0 Å². The maximum atomic E-state index is 12.5. The zero-order valence-corrected chi connectivity index (χ0v) is 13.7. The number of benzene rings is 1. The summed E-state index contributed by atoms with van der Waals surface area (Å²) in [5.41, 5.74) is -5.02. The van der Waals surface area contributed by atoms with Crippen molar-refractivity contribution >= 4 is 27.4 Å². The van der Waals surface area contributed by atoms with Crippen LogP contribution in [0.2, 0.25) is 0 Å². The number of halogens is 3. The minimum Gasteiger partial charge on any atom is -0.481 e. The highest BCUT2D eigenvalue weighted by molar-refractivity contribution is 7.92. The van der Waals surface area contributed by atoms with E-state index in [2.05, 4.69) is 15.5 Å². The number of alkyl halides is 3. The van der Waals surface area contributed by atoms with Crippen LogP contribution in [0.5, 0.6) is 0 Å². The number of carboxylic acids is 1. The lowest BCUT2D eigenvalue weighted by molar-refractivity contribution is -0.137. The summed E-state index contributed by atoms with van der Waals surface area (Å²) < 4.78 is 60.0. The monoisotopic (exact) mass is 391 g/mol. The second kappa shape index (κ2) is 7.15. The van der Waals surface area contributed by atoms with Crippen LogP contribution in [0.3, 0.4) is 0 Å². The first-order chi connectivity index (χ1) is 12.0. The number of carboxylic acid groups (broad SMARTS) is 1. The Morgan fingerprint density at radius 2 is 1.81 bits per heavy atom. The van der Waals surface area contributed by atoms with Gasteiger partial charge in [-0.25, -0.2) is 8.42 Å². The number of aryl methyl sites for hydroxylation is 1. The molecule has 26 heavy (non-hydrogen) atoms. The second-order valence-electron chi connectivity index (χ2n) is 5.08. The molecule has 8 nitrogen and oxygen atoms in total. The summed E-state index contributed by atoms with van der Waals surface area (Å²) in [6.45, 7) is 0. The molecule has 2 rings (SSSR count). The molecule has 12 heteroatoms. The number of hydrogen-bond donors (Lipinski definition) is 3. The molecule has 1 heterocycles. The van der Waals surface area contributed by atoms with Crippen molar-refractivity contribution in [2.75, 3.05) is 5.32 Å². The number of sulfone groups is 1. The lowest BCUT2D eigenvalue weighted by atomic mass is 10.1. The Hall–Kier alpha value is -2.89. The van der Waals surface area contributed by atoms with Gasteiger partial charge in [0, 0.05) is 17.8 Å². The fourth-order valence-electron chi connectivity index (χ4n) is 1.98. The summed E-state index contributed by atoms with van der Waals surface area (Å²) in [5, 5.41) is 17.2. The molecule has 3 N–H and O–H groups in total. The third-order valence-corrected chi connectivity index (χ3v) is 4.78. The van der Waals surface area contributed by atoms with Crippen molar-refractivity contribution in [2.24, 2.45) is 0 Å². The van der Waals surface area contributed by atoms with E-state index in [0.717, 1.165) is 24.3 Å². The number of amides is 1. The number of hydrogen-bond acceptors (Lipinski definition) is 5. The third kappa shape index (κ3) is 4.20. The van der Waals surface area contributed by atoms with Crippen molar-refractivity contribution in [3.8, 4) is 0 Å². The normalized spacial score (nSPS) is 12.0. The highest BCUT2D eigenvalue weighted by Crippen LogP contribution is 2.30. The number of anilines is 1. The first-order valence-electron chi connectivity index (χ1n) is 6.99. The number of aromatic nitrogens is 2. The number of aliphatic carboxylic acids is 1. The number of aromatic amines is 1. The van der Waals surface area contributed by atoms with Gasteiger partial charge in [0.15, 0.2) is 0 Å². The van der Waals surface area contributed by atoms with Gasteiger partial charge >= 0.3 is 11.5 Å². The molecule has 0 saturated carbocycles. The van der Waals surface area contributed by atoms with E-state index in [4.69, 9.17) is 5.11 Å². The number of rotatable bonds is 6. The van der Waals surface area contributed by atoms with Gasteiger partial charge < -0.3 is 10.4 Å². The zero-order chi connectivity index (χ0) is 19.5. The van der Waals surface area contributed by atoms with Crippen LogP contribution in [-0.2, 0) is 21.1 Å². The van der Waals surface area contributed by atoms with Crippen molar-refractivity contribution in [2.45, 2.75) is 23.2 Å². The number of carbonyl (C=O) groups excluding carboxylic acids is 1. The number of nitrogens with one attached hydrogen (secondary N) is 2. The summed E-state index contributed by atoms with van der Waals surface area (Å²) in [4.78, 5) is 21.8. The minimum atomic E-state index is -5.47. The molecule has 1 aromatic heterocycles. The Bertz CT molecular complexity index is 920. The number of nitrogens with zero attached hydrogens (tertiary/aromatic N) is 1.